The molecule has 0 aromatic heterocycles. The maximum Gasteiger partial charge on any atom is 0.319 e. The van der Waals surface area contributed by atoms with Crippen LogP contribution in [0.4, 0.5) is 0 Å². The zero-order valence-electron chi connectivity index (χ0n) is 11.8. The smallest absolute Gasteiger partial charge is 0.319 e. The summed E-state index contributed by atoms with van der Waals surface area (Å²) in [7, 11) is 0. The number of carbonyl (C=O) groups excluding carboxylic acids is 1. The minimum Gasteiger partial charge on any atom is -0.465 e. The molecule has 1 unspecified atom stereocenters. The first-order chi connectivity index (χ1) is 8.34. The molecule has 0 radical (unpaired) electrons. The molecule has 0 saturated carbocycles. The van der Waals surface area contributed by atoms with Gasteiger partial charge in [-0.1, -0.05) is 32.9 Å². The number of rotatable bonds is 4. The number of thioether (sulfide) groups is 1. The molecule has 2 nitrogen and oxygen atoms in total. The van der Waals surface area contributed by atoms with E-state index in [1.54, 1.807) is 0 Å². The van der Waals surface area contributed by atoms with Gasteiger partial charge in [0.2, 0.25) is 0 Å². The molecule has 0 fully saturated rings. The lowest BCUT2D eigenvalue weighted by atomic mass is 9.87. The molecule has 1 aromatic rings. The highest BCUT2D eigenvalue weighted by atomic mass is 32.2. The van der Waals surface area contributed by atoms with Gasteiger partial charge < -0.3 is 4.74 Å². The van der Waals surface area contributed by atoms with Gasteiger partial charge in [0.15, 0.2) is 0 Å². The summed E-state index contributed by atoms with van der Waals surface area (Å²) in [6.07, 6.45) is 0. The van der Waals surface area contributed by atoms with Crippen molar-refractivity contribution < 1.29 is 9.53 Å². The third-order valence-electron chi connectivity index (χ3n) is 2.65. The van der Waals surface area contributed by atoms with E-state index in [0.717, 1.165) is 4.90 Å². The van der Waals surface area contributed by atoms with Crippen molar-refractivity contribution in [1.82, 2.24) is 0 Å². The molecule has 0 saturated heterocycles. The number of benzene rings is 1. The highest BCUT2D eigenvalue weighted by Crippen LogP contribution is 2.28. The van der Waals surface area contributed by atoms with E-state index in [-0.39, 0.29) is 16.6 Å². The van der Waals surface area contributed by atoms with Crippen LogP contribution in [0.2, 0.25) is 0 Å². The van der Waals surface area contributed by atoms with Crippen LogP contribution in [-0.4, -0.2) is 17.8 Å². The molecule has 3 heteroatoms. The Morgan fingerprint density at radius 2 is 1.83 bits per heavy atom. The standard InChI is InChI=1S/C15H22O2S/c1-6-17-14(16)11(2)18-13-9-7-12(8-10-13)15(3,4)5/h7-11H,6H2,1-5H3. The summed E-state index contributed by atoms with van der Waals surface area (Å²) < 4.78 is 4.99. The van der Waals surface area contributed by atoms with Gasteiger partial charge in [-0.25, -0.2) is 0 Å². The molecule has 100 valence electrons. The maximum absolute atomic E-state index is 11.5. The number of hydrogen-bond acceptors (Lipinski definition) is 3. The fourth-order valence-electron chi connectivity index (χ4n) is 1.55. The molecule has 1 aromatic carbocycles. The molecule has 18 heavy (non-hydrogen) atoms. The van der Waals surface area contributed by atoms with E-state index in [1.807, 2.05) is 13.8 Å². The first-order valence-corrected chi connectivity index (χ1v) is 7.16. The second-order valence-electron chi connectivity index (χ2n) is 5.29. The van der Waals surface area contributed by atoms with Crippen LogP contribution in [0, 0.1) is 0 Å². The third kappa shape index (κ3) is 4.37. The maximum atomic E-state index is 11.5. The van der Waals surface area contributed by atoms with E-state index in [1.165, 1.54) is 17.3 Å². The van der Waals surface area contributed by atoms with Crippen LogP contribution in [0.1, 0.15) is 40.2 Å². The molecule has 1 atom stereocenters. The van der Waals surface area contributed by atoms with Gasteiger partial charge in [0.1, 0.15) is 5.25 Å². The van der Waals surface area contributed by atoms with Crippen molar-refractivity contribution in [3.63, 3.8) is 0 Å². The minimum atomic E-state index is -0.162. The monoisotopic (exact) mass is 266 g/mol. The molecule has 0 bridgehead atoms. The van der Waals surface area contributed by atoms with Gasteiger partial charge in [-0.3, -0.25) is 4.79 Å². The molecule has 0 spiro atoms. The van der Waals surface area contributed by atoms with Gasteiger partial charge in [-0.05, 0) is 37.0 Å². The Morgan fingerprint density at radius 1 is 1.28 bits per heavy atom. The van der Waals surface area contributed by atoms with Crippen LogP contribution < -0.4 is 0 Å². The van der Waals surface area contributed by atoms with Crippen LogP contribution in [0.5, 0.6) is 0 Å². The third-order valence-corrected chi connectivity index (χ3v) is 3.74. The van der Waals surface area contributed by atoms with Crippen molar-refractivity contribution in [2.75, 3.05) is 6.61 Å². The summed E-state index contributed by atoms with van der Waals surface area (Å²) >= 11 is 1.54. The predicted octanol–water partition coefficient (Wildman–Crippen LogP) is 4.03. The average Bonchev–Trinajstić information content (AvgIpc) is 2.28. The Labute approximate surface area is 114 Å². The molecule has 0 aliphatic carbocycles. The number of hydrogen-bond donors (Lipinski definition) is 0. The van der Waals surface area contributed by atoms with Crippen LogP contribution in [0.3, 0.4) is 0 Å². The first-order valence-electron chi connectivity index (χ1n) is 6.28. The molecule has 0 heterocycles. The lowest BCUT2D eigenvalue weighted by Crippen LogP contribution is -2.16. The Bertz CT molecular complexity index is 390. The first kappa shape index (κ1) is 15.1. The van der Waals surface area contributed by atoms with Crippen LogP contribution in [-0.2, 0) is 14.9 Å². The molecular formula is C15H22O2S. The van der Waals surface area contributed by atoms with Gasteiger partial charge in [0, 0.05) is 4.90 Å². The second kappa shape index (κ2) is 6.28. The zero-order chi connectivity index (χ0) is 13.8. The SMILES string of the molecule is CCOC(=O)C(C)Sc1ccc(C(C)(C)C)cc1. The van der Waals surface area contributed by atoms with Gasteiger partial charge in [0.05, 0.1) is 6.61 Å². The summed E-state index contributed by atoms with van der Waals surface area (Å²) in [5, 5.41) is -0.162. The van der Waals surface area contributed by atoms with E-state index >= 15 is 0 Å². The number of esters is 1. The van der Waals surface area contributed by atoms with E-state index in [9.17, 15) is 4.79 Å². The lowest BCUT2D eigenvalue weighted by molar-refractivity contribution is -0.142. The molecule has 1 rings (SSSR count). The summed E-state index contributed by atoms with van der Waals surface area (Å²) in [5.41, 5.74) is 1.46. The van der Waals surface area contributed by atoms with Crippen molar-refractivity contribution in [2.24, 2.45) is 0 Å². The van der Waals surface area contributed by atoms with Crippen molar-refractivity contribution in [3.05, 3.63) is 29.8 Å². The largest absolute Gasteiger partial charge is 0.465 e. The normalized spacial score (nSPS) is 13.2. The van der Waals surface area contributed by atoms with Gasteiger partial charge in [-0.15, -0.1) is 11.8 Å². The zero-order valence-corrected chi connectivity index (χ0v) is 12.6. The Kier molecular flexibility index (Phi) is 5.27. The Balaban J connectivity index is 2.67. The highest BCUT2D eigenvalue weighted by Gasteiger charge is 2.16. The summed E-state index contributed by atoms with van der Waals surface area (Å²) in [4.78, 5) is 12.6. The summed E-state index contributed by atoms with van der Waals surface area (Å²) in [5.74, 6) is -0.151. The topological polar surface area (TPSA) is 26.3 Å². The van der Waals surface area contributed by atoms with Crippen LogP contribution in [0.15, 0.2) is 29.2 Å². The molecule has 0 aliphatic rings. The highest BCUT2D eigenvalue weighted by molar-refractivity contribution is 8.00. The molecule has 0 N–H and O–H groups in total. The minimum absolute atomic E-state index is 0.151. The van der Waals surface area contributed by atoms with E-state index in [2.05, 4.69) is 45.0 Å². The number of ether oxygens (including phenoxy) is 1. The van der Waals surface area contributed by atoms with Crippen LogP contribution in [0.25, 0.3) is 0 Å². The van der Waals surface area contributed by atoms with Crippen molar-refractivity contribution in [1.29, 1.82) is 0 Å². The average molecular weight is 266 g/mol. The van der Waals surface area contributed by atoms with Gasteiger partial charge in [0.25, 0.3) is 0 Å². The Morgan fingerprint density at radius 3 is 2.28 bits per heavy atom. The van der Waals surface area contributed by atoms with E-state index < -0.39 is 0 Å². The van der Waals surface area contributed by atoms with Crippen molar-refractivity contribution in [3.8, 4) is 0 Å². The van der Waals surface area contributed by atoms with Crippen LogP contribution >= 0.6 is 11.8 Å². The fraction of sp³-hybridized carbons (Fsp3) is 0.533. The van der Waals surface area contributed by atoms with Gasteiger partial charge >= 0.3 is 5.97 Å². The lowest BCUT2D eigenvalue weighted by Gasteiger charge is -2.19. The molecule has 0 aliphatic heterocycles. The van der Waals surface area contributed by atoms with Gasteiger partial charge in [-0.2, -0.15) is 0 Å². The predicted molar refractivity (Wildman–Crippen MR) is 77.1 cm³/mol. The van der Waals surface area contributed by atoms with Crippen molar-refractivity contribution in [2.45, 2.75) is 50.2 Å². The molecular weight excluding hydrogens is 244 g/mol. The quantitative estimate of drug-likeness (QED) is 0.608. The van der Waals surface area contributed by atoms with E-state index in [4.69, 9.17) is 4.74 Å². The summed E-state index contributed by atoms with van der Waals surface area (Å²) in [6.45, 7) is 10.7. The second-order valence-corrected chi connectivity index (χ2v) is 6.70. The molecule has 0 amide bonds. The van der Waals surface area contributed by atoms with E-state index in [0.29, 0.717) is 6.61 Å². The fourth-order valence-corrected chi connectivity index (χ4v) is 2.41. The Hall–Kier alpha value is -0.960. The van der Waals surface area contributed by atoms with Crippen molar-refractivity contribution >= 4 is 17.7 Å². The summed E-state index contributed by atoms with van der Waals surface area (Å²) in [6, 6.07) is 8.39. The number of carbonyl (C=O) groups is 1.